The lowest BCUT2D eigenvalue weighted by molar-refractivity contribution is -0.153. The van der Waals surface area contributed by atoms with E-state index < -0.39 is 0 Å². The van der Waals surface area contributed by atoms with Crippen LogP contribution in [-0.2, 0) is 19.2 Å². The Morgan fingerprint density at radius 2 is 0.881 bits per heavy atom. The van der Waals surface area contributed by atoms with E-state index in [1.807, 2.05) is 0 Å². The Bertz CT molecular complexity index is 1290. The Kier molecular flexibility index (Phi) is 21.6. The maximum absolute atomic E-state index is 13.2. The summed E-state index contributed by atoms with van der Waals surface area (Å²) in [5.41, 5.74) is -0.166. The summed E-state index contributed by atoms with van der Waals surface area (Å²) >= 11 is 0. The predicted molar refractivity (Wildman–Crippen MR) is 246 cm³/mol. The molecule has 4 aliphatic rings. The van der Waals surface area contributed by atoms with Crippen LogP contribution < -0.4 is 0 Å². The molecule has 0 radical (unpaired) electrons. The predicted octanol–water partition coefficient (Wildman–Crippen LogP) is 12.0. The summed E-state index contributed by atoms with van der Waals surface area (Å²) in [7, 11) is 4.30. The highest BCUT2D eigenvalue weighted by Gasteiger charge is 2.55. The number of carbonyl (C=O) groups excluding carboxylic acids is 4. The summed E-state index contributed by atoms with van der Waals surface area (Å²) in [4.78, 5) is 59.8. The van der Waals surface area contributed by atoms with E-state index >= 15 is 0 Å². The molecule has 0 aromatic rings. The minimum Gasteiger partial charge on any atom is -0.301 e. The van der Waals surface area contributed by atoms with Gasteiger partial charge in [0.05, 0.1) is 0 Å². The number of hydrogen-bond acceptors (Lipinski definition) is 6. The summed E-state index contributed by atoms with van der Waals surface area (Å²) in [6, 6.07) is 0.0836. The molecule has 59 heavy (non-hydrogen) atoms. The second-order valence-electron chi connectivity index (χ2n) is 21.2. The van der Waals surface area contributed by atoms with Crippen LogP contribution in [0, 0.1) is 23.2 Å². The molecule has 4 fully saturated rings. The fourth-order valence-electron chi connectivity index (χ4n) is 10.7. The van der Waals surface area contributed by atoms with Gasteiger partial charge in [-0.1, -0.05) is 163 Å². The van der Waals surface area contributed by atoms with Crippen molar-refractivity contribution in [3.05, 3.63) is 0 Å². The molecule has 8 nitrogen and oxygen atoms in total. The van der Waals surface area contributed by atoms with E-state index in [0.29, 0.717) is 18.8 Å². The molecule has 342 valence electrons. The number of piperidine rings is 2. The molecule has 0 bridgehead atoms. The van der Waals surface area contributed by atoms with Gasteiger partial charge in [0, 0.05) is 66.3 Å². The molecular weight excluding hydrogens is 733 g/mol. The van der Waals surface area contributed by atoms with E-state index in [1.165, 1.54) is 116 Å². The Morgan fingerprint density at radius 3 is 1.32 bits per heavy atom. The minimum atomic E-state index is -0.128. The lowest BCUT2D eigenvalue weighted by atomic mass is 9.64. The van der Waals surface area contributed by atoms with Gasteiger partial charge in [0.25, 0.3) is 0 Å². The Morgan fingerprint density at radius 1 is 0.508 bits per heavy atom. The highest BCUT2D eigenvalue weighted by Crippen LogP contribution is 2.47. The van der Waals surface area contributed by atoms with Gasteiger partial charge in [0.2, 0.25) is 23.6 Å². The standard InChI is InChI=1S/C26H48N2O2.C25H46N2O2/c1-7-8-9-10-11-12-13-14-15-16-17-21-20-23(29)28(24(21)30)22-18-19-27(6)26(4,5)25(22,2)3;1-6-7-8-9-10-11-12-13-14-15-16-21-19-23(28)27(24(21)29)22-17-18-26(5)25(3,4)20(22)2/h21-22H,7-20H2,1-6H3;20-22H,6-19H2,1-5H3. The van der Waals surface area contributed by atoms with Crippen LogP contribution in [0.15, 0.2) is 0 Å². The molecule has 0 spiro atoms. The van der Waals surface area contributed by atoms with Crippen LogP contribution in [0.1, 0.15) is 229 Å². The van der Waals surface area contributed by atoms with Crippen molar-refractivity contribution in [2.45, 2.75) is 252 Å². The lowest BCUT2D eigenvalue weighted by Crippen LogP contribution is -2.66. The van der Waals surface area contributed by atoms with Crippen molar-refractivity contribution >= 4 is 23.6 Å². The van der Waals surface area contributed by atoms with Crippen LogP contribution >= 0.6 is 0 Å². The second kappa shape index (κ2) is 24.7. The molecule has 5 unspecified atom stereocenters. The van der Waals surface area contributed by atoms with Crippen molar-refractivity contribution in [2.24, 2.45) is 23.2 Å². The zero-order valence-corrected chi connectivity index (χ0v) is 40.6. The Balaban J connectivity index is 0.000000316. The Labute approximate surface area is 364 Å². The van der Waals surface area contributed by atoms with Crippen molar-refractivity contribution in [2.75, 3.05) is 27.2 Å². The number of imide groups is 2. The van der Waals surface area contributed by atoms with E-state index in [-0.39, 0.29) is 64.0 Å². The largest absolute Gasteiger partial charge is 0.301 e. The first-order valence-corrected chi connectivity index (χ1v) is 25.1. The van der Waals surface area contributed by atoms with Gasteiger partial charge in [-0.3, -0.25) is 29.0 Å². The van der Waals surface area contributed by atoms with E-state index in [9.17, 15) is 19.2 Å². The third-order valence-corrected chi connectivity index (χ3v) is 16.5. The number of rotatable bonds is 24. The quantitative estimate of drug-likeness (QED) is 0.0712. The molecular formula is C51H94N4O4. The van der Waals surface area contributed by atoms with Gasteiger partial charge in [0.1, 0.15) is 0 Å². The molecule has 4 aliphatic heterocycles. The van der Waals surface area contributed by atoms with E-state index in [2.05, 4.69) is 86.2 Å². The molecule has 4 saturated heterocycles. The minimum absolute atomic E-state index is 0.0120. The average Bonchev–Trinajstić information content (AvgIpc) is 3.63. The van der Waals surface area contributed by atoms with Gasteiger partial charge in [0.15, 0.2) is 0 Å². The third kappa shape index (κ3) is 13.8. The van der Waals surface area contributed by atoms with Crippen molar-refractivity contribution in [1.29, 1.82) is 0 Å². The van der Waals surface area contributed by atoms with Crippen LogP contribution in [0.25, 0.3) is 0 Å². The van der Waals surface area contributed by atoms with Gasteiger partial charge in [-0.05, 0) is 73.4 Å². The van der Waals surface area contributed by atoms with Crippen LogP contribution in [-0.4, -0.2) is 93.6 Å². The first kappa shape index (κ1) is 51.5. The number of hydrogen-bond donors (Lipinski definition) is 0. The van der Waals surface area contributed by atoms with E-state index in [1.54, 1.807) is 9.80 Å². The van der Waals surface area contributed by atoms with Gasteiger partial charge in [-0.25, -0.2) is 0 Å². The topological polar surface area (TPSA) is 81.2 Å². The van der Waals surface area contributed by atoms with Crippen LogP contribution in [0.5, 0.6) is 0 Å². The summed E-state index contributed by atoms with van der Waals surface area (Å²) in [5.74, 6) is 0.513. The first-order valence-electron chi connectivity index (χ1n) is 25.1. The van der Waals surface area contributed by atoms with Crippen LogP contribution in [0.3, 0.4) is 0 Å². The molecule has 0 N–H and O–H groups in total. The number of carbonyl (C=O) groups is 4. The molecule has 4 rings (SSSR count). The summed E-state index contributed by atoms with van der Waals surface area (Å²) in [6.07, 6.45) is 30.5. The molecule has 0 aromatic heterocycles. The van der Waals surface area contributed by atoms with Crippen molar-refractivity contribution < 1.29 is 19.2 Å². The highest BCUT2D eigenvalue weighted by atomic mass is 16.2. The number of unbranched alkanes of at least 4 members (excludes halogenated alkanes) is 18. The molecule has 5 atom stereocenters. The van der Waals surface area contributed by atoms with Gasteiger partial charge >= 0.3 is 0 Å². The van der Waals surface area contributed by atoms with Crippen molar-refractivity contribution in [3.8, 4) is 0 Å². The molecule has 8 heteroatoms. The molecule has 4 amide bonds. The second-order valence-corrected chi connectivity index (χ2v) is 21.2. The number of amides is 4. The van der Waals surface area contributed by atoms with Crippen molar-refractivity contribution in [1.82, 2.24) is 19.6 Å². The molecule has 0 aromatic carbocycles. The number of nitrogens with zero attached hydrogens (tertiary/aromatic N) is 4. The van der Waals surface area contributed by atoms with Gasteiger partial charge < -0.3 is 9.80 Å². The van der Waals surface area contributed by atoms with Gasteiger partial charge in [-0.15, -0.1) is 0 Å². The van der Waals surface area contributed by atoms with Crippen molar-refractivity contribution in [3.63, 3.8) is 0 Å². The summed E-state index contributed by atoms with van der Waals surface area (Å²) in [6.45, 7) is 22.0. The molecule has 0 saturated carbocycles. The third-order valence-electron chi connectivity index (χ3n) is 16.5. The normalized spacial score (nSPS) is 27.1. The average molecular weight is 827 g/mol. The SMILES string of the molecule is CCCCCCCCCCCCC1CC(=O)N(C2CCN(C)C(C)(C)C2(C)C)C1=O.CCCCCCCCCCCCC1CC(=O)N(C2CCN(C)C(C)(C)C2C)C1=O. The fraction of sp³-hybridized carbons (Fsp3) is 0.922. The van der Waals surface area contributed by atoms with Crippen LogP contribution in [0.2, 0.25) is 0 Å². The first-order chi connectivity index (χ1) is 27.9. The van der Waals surface area contributed by atoms with E-state index in [0.717, 1.165) is 51.6 Å². The highest BCUT2D eigenvalue weighted by molar-refractivity contribution is 6.04. The summed E-state index contributed by atoms with van der Waals surface area (Å²) in [5, 5.41) is 0. The fourth-order valence-corrected chi connectivity index (χ4v) is 10.7. The number of likely N-dealkylation sites (tertiary alicyclic amines) is 4. The maximum Gasteiger partial charge on any atom is 0.233 e. The van der Waals surface area contributed by atoms with Crippen LogP contribution in [0.4, 0.5) is 0 Å². The summed E-state index contributed by atoms with van der Waals surface area (Å²) < 4.78 is 0. The maximum atomic E-state index is 13.2. The van der Waals surface area contributed by atoms with Gasteiger partial charge in [-0.2, -0.15) is 0 Å². The van der Waals surface area contributed by atoms with E-state index in [4.69, 9.17) is 0 Å². The monoisotopic (exact) mass is 827 g/mol. The zero-order chi connectivity index (χ0) is 43.8. The lowest BCUT2D eigenvalue weighted by Gasteiger charge is -2.57. The Hall–Kier alpha value is -1.80. The zero-order valence-electron chi connectivity index (χ0n) is 40.6. The molecule has 0 aliphatic carbocycles. The molecule has 4 heterocycles. The smallest absolute Gasteiger partial charge is 0.233 e.